The van der Waals surface area contributed by atoms with Crippen molar-refractivity contribution in [2.24, 2.45) is 5.92 Å². The van der Waals surface area contributed by atoms with Gasteiger partial charge >= 0.3 is 0 Å². The lowest BCUT2D eigenvalue weighted by Gasteiger charge is -2.27. The van der Waals surface area contributed by atoms with E-state index in [9.17, 15) is 4.79 Å². The molecule has 0 saturated carbocycles. The summed E-state index contributed by atoms with van der Waals surface area (Å²) in [6.07, 6.45) is 1.69. The van der Waals surface area contributed by atoms with Gasteiger partial charge in [0.2, 0.25) is 5.91 Å². The maximum atomic E-state index is 11.8. The Hall–Kier alpha value is -0.280. The highest BCUT2D eigenvalue weighted by atomic mass is 35.5. The molecule has 3 nitrogen and oxygen atoms in total. The van der Waals surface area contributed by atoms with Crippen molar-refractivity contribution in [1.29, 1.82) is 0 Å². The Labute approximate surface area is 90.4 Å². The molecule has 0 N–H and O–H groups in total. The maximum Gasteiger partial charge on any atom is 0.225 e. The van der Waals surface area contributed by atoms with Gasteiger partial charge in [-0.1, -0.05) is 0 Å². The van der Waals surface area contributed by atoms with Crippen LogP contribution in [0.1, 0.15) is 19.8 Å². The van der Waals surface area contributed by atoms with E-state index in [0.29, 0.717) is 19.8 Å². The molecule has 1 rings (SSSR count). The summed E-state index contributed by atoms with van der Waals surface area (Å²) in [7, 11) is 1.82. The first-order valence-electron chi connectivity index (χ1n) is 5.08. The molecule has 1 amide bonds. The summed E-state index contributed by atoms with van der Waals surface area (Å²) in [5, 5.41) is 0.0174. The van der Waals surface area contributed by atoms with Crippen molar-refractivity contribution >= 4 is 17.5 Å². The summed E-state index contributed by atoms with van der Waals surface area (Å²) < 4.78 is 5.21. The second-order valence-corrected chi connectivity index (χ2v) is 4.63. The molecular weight excluding hydrogens is 202 g/mol. The van der Waals surface area contributed by atoms with Gasteiger partial charge in [0, 0.05) is 38.1 Å². The highest BCUT2D eigenvalue weighted by molar-refractivity contribution is 6.20. The molecule has 1 atom stereocenters. The van der Waals surface area contributed by atoms with Crippen LogP contribution >= 0.6 is 11.6 Å². The first-order chi connectivity index (χ1) is 6.61. The van der Waals surface area contributed by atoms with E-state index >= 15 is 0 Å². The second-order valence-electron chi connectivity index (χ2n) is 3.89. The van der Waals surface area contributed by atoms with Gasteiger partial charge in [0.05, 0.1) is 0 Å². The average molecular weight is 220 g/mol. The Morgan fingerprint density at radius 1 is 1.57 bits per heavy atom. The van der Waals surface area contributed by atoms with Crippen molar-refractivity contribution in [3.8, 4) is 0 Å². The van der Waals surface area contributed by atoms with Crippen LogP contribution in [0.15, 0.2) is 0 Å². The van der Waals surface area contributed by atoms with E-state index in [1.807, 2.05) is 14.0 Å². The number of hydrogen-bond acceptors (Lipinski definition) is 2. The molecule has 1 saturated heterocycles. The molecule has 0 aromatic rings. The van der Waals surface area contributed by atoms with Crippen LogP contribution in [0.5, 0.6) is 0 Å². The lowest BCUT2D eigenvalue weighted by molar-refractivity contribution is -0.137. The summed E-state index contributed by atoms with van der Waals surface area (Å²) in [5.41, 5.74) is 0. The number of alkyl halides is 1. The molecule has 82 valence electrons. The lowest BCUT2D eigenvalue weighted by atomic mass is 9.99. The first kappa shape index (κ1) is 11.8. The summed E-state index contributed by atoms with van der Waals surface area (Å²) in [6, 6.07) is 0. The summed E-state index contributed by atoms with van der Waals surface area (Å²) in [6.45, 7) is 3.94. The van der Waals surface area contributed by atoms with Gasteiger partial charge in [-0.2, -0.15) is 0 Å². The minimum absolute atomic E-state index is 0.0174. The number of nitrogens with zero attached hydrogens (tertiary/aromatic N) is 1. The molecule has 0 aliphatic carbocycles. The van der Waals surface area contributed by atoms with Gasteiger partial charge < -0.3 is 9.64 Å². The van der Waals surface area contributed by atoms with Crippen LogP contribution in [0.4, 0.5) is 0 Å². The minimum Gasteiger partial charge on any atom is -0.381 e. The van der Waals surface area contributed by atoms with E-state index in [0.717, 1.165) is 12.8 Å². The van der Waals surface area contributed by atoms with Crippen LogP contribution in [-0.4, -0.2) is 43.0 Å². The maximum absolute atomic E-state index is 11.8. The molecule has 0 bridgehead atoms. The molecule has 1 fully saturated rings. The third-order valence-electron chi connectivity index (χ3n) is 2.47. The molecule has 1 heterocycles. The number of halogens is 1. The molecule has 1 unspecified atom stereocenters. The Bertz CT molecular complexity index is 191. The highest BCUT2D eigenvalue weighted by Gasteiger charge is 2.24. The predicted molar refractivity (Wildman–Crippen MR) is 56.5 cm³/mol. The molecule has 14 heavy (non-hydrogen) atoms. The van der Waals surface area contributed by atoms with Crippen LogP contribution in [0.2, 0.25) is 0 Å². The predicted octanol–water partition coefficient (Wildman–Crippen LogP) is 1.50. The zero-order valence-electron chi connectivity index (χ0n) is 8.83. The summed E-state index contributed by atoms with van der Waals surface area (Å²) in [4.78, 5) is 13.6. The molecule has 4 heteroatoms. The normalized spacial score (nSPS) is 20.5. The van der Waals surface area contributed by atoms with Crippen molar-refractivity contribution in [3.63, 3.8) is 0 Å². The van der Waals surface area contributed by atoms with Crippen molar-refractivity contribution in [2.75, 3.05) is 26.8 Å². The lowest BCUT2D eigenvalue weighted by Crippen LogP contribution is -2.38. The van der Waals surface area contributed by atoms with Gasteiger partial charge in [-0.3, -0.25) is 4.79 Å². The van der Waals surface area contributed by atoms with Crippen LogP contribution in [-0.2, 0) is 9.53 Å². The van der Waals surface area contributed by atoms with Crippen molar-refractivity contribution in [1.82, 2.24) is 4.90 Å². The van der Waals surface area contributed by atoms with Gasteiger partial charge in [0.25, 0.3) is 0 Å². The Kier molecular flexibility index (Phi) is 4.69. The van der Waals surface area contributed by atoms with Gasteiger partial charge in [-0.25, -0.2) is 0 Å². The topological polar surface area (TPSA) is 29.5 Å². The molecule has 0 radical (unpaired) electrons. The second kappa shape index (κ2) is 5.56. The number of ether oxygens (including phenoxy) is 1. The molecular formula is C10H18ClNO2. The summed E-state index contributed by atoms with van der Waals surface area (Å²) in [5.74, 6) is 0.352. The average Bonchev–Trinajstić information content (AvgIpc) is 2.17. The molecule has 0 aromatic heterocycles. The van der Waals surface area contributed by atoms with E-state index < -0.39 is 0 Å². The van der Waals surface area contributed by atoms with Crippen LogP contribution in [0.3, 0.4) is 0 Å². The van der Waals surface area contributed by atoms with Gasteiger partial charge in [-0.15, -0.1) is 11.6 Å². The van der Waals surface area contributed by atoms with Crippen LogP contribution in [0, 0.1) is 5.92 Å². The van der Waals surface area contributed by atoms with E-state index in [4.69, 9.17) is 16.3 Å². The Morgan fingerprint density at radius 3 is 2.64 bits per heavy atom. The third-order valence-corrected chi connectivity index (χ3v) is 2.61. The van der Waals surface area contributed by atoms with Gasteiger partial charge in [0.15, 0.2) is 0 Å². The monoisotopic (exact) mass is 219 g/mol. The van der Waals surface area contributed by atoms with E-state index in [2.05, 4.69) is 0 Å². The van der Waals surface area contributed by atoms with Crippen molar-refractivity contribution < 1.29 is 9.53 Å². The smallest absolute Gasteiger partial charge is 0.225 e. The SMILES string of the molecule is CC(Cl)CN(C)C(=O)C1CCOCC1. The standard InChI is InChI=1S/C10H18ClNO2/c1-8(11)7-12(2)10(13)9-3-5-14-6-4-9/h8-9H,3-7H2,1-2H3. The molecule has 0 aromatic carbocycles. The number of rotatable bonds is 3. The Morgan fingerprint density at radius 2 is 2.14 bits per heavy atom. The number of amides is 1. The molecule has 1 aliphatic rings. The van der Waals surface area contributed by atoms with E-state index in [1.54, 1.807) is 4.90 Å². The van der Waals surface area contributed by atoms with Crippen LogP contribution < -0.4 is 0 Å². The number of carbonyl (C=O) groups is 1. The summed E-state index contributed by atoms with van der Waals surface area (Å²) >= 11 is 5.84. The van der Waals surface area contributed by atoms with Gasteiger partial charge in [0.1, 0.15) is 0 Å². The molecule has 0 spiro atoms. The number of carbonyl (C=O) groups excluding carboxylic acids is 1. The van der Waals surface area contributed by atoms with Crippen molar-refractivity contribution in [2.45, 2.75) is 25.1 Å². The first-order valence-corrected chi connectivity index (χ1v) is 5.51. The highest BCUT2D eigenvalue weighted by Crippen LogP contribution is 2.17. The number of hydrogen-bond donors (Lipinski definition) is 0. The van der Waals surface area contributed by atoms with Crippen LogP contribution in [0.25, 0.3) is 0 Å². The quantitative estimate of drug-likeness (QED) is 0.674. The fourth-order valence-corrected chi connectivity index (χ4v) is 1.93. The zero-order chi connectivity index (χ0) is 10.6. The zero-order valence-corrected chi connectivity index (χ0v) is 9.59. The molecule has 1 aliphatic heterocycles. The van der Waals surface area contributed by atoms with E-state index in [1.165, 1.54) is 0 Å². The fourth-order valence-electron chi connectivity index (χ4n) is 1.72. The fraction of sp³-hybridized carbons (Fsp3) is 0.900. The minimum atomic E-state index is 0.0174. The van der Waals surface area contributed by atoms with Crippen molar-refractivity contribution in [3.05, 3.63) is 0 Å². The largest absolute Gasteiger partial charge is 0.381 e. The third kappa shape index (κ3) is 3.46. The Balaban J connectivity index is 2.38. The van der Waals surface area contributed by atoms with E-state index in [-0.39, 0.29) is 17.2 Å². The van der Waals surface area contributed by atoms with Gasteiger partial charge in [-0.05, 0) is 19.8 Å².